The van der Waals surface area contributed by atoms with Crippen molar-refractivity contribution >= 4 is 17.4 Å². The molecule has 1 unspecified atom stereocenters. The number of rotatable bonds is 3. The van der Waals surface area contributed by atoms with E-state index in [0.29, 0.717) is 6.04 Å². The Hall–Kier alpha value is -1.49. The van der Waals surface area contributed by atoms with Gasteiger partial charge in [-0.2, -0.15) is 11.8 Å². The lowest BCUT2D eigenvalue weighted by atomic mass is 10.1. The van der Waals surface area contributed by atoms with Gasteiger partial charge in [0.15, 0.2) is 5.82 Å². The molecule has 0 spiro atoms. The molecule has 19 heavy (non-hydrogen) atoms. The number of nitrogens with one attached hydrogen (secondary N) is 1. The first-order chi connectivity index (χ1) is 9.33. The number of anilines is 1. The van der Waals surface area contributed by atoms with Crippen LogP contribution < -0.4 is 5.32 Å². The Kier molecular flexibility index (Phi) is 3.73. The minimum Gasteiger partial charge on any atom is -0.381 e. The maximum atomic E-state index is 4.16. The second kappa shape index (κ2) is 5.65. The quantitative estimate of drug-likeness (QED) is 0.934. The summed E-state index contributed by atoms with van der Waals surface area (Å²) in [6.45, 7) is 0. The van der Waals surface area contributed by atoms with Gasteiger partial charge in [-0.15, -0.1) is 10.2 Å². The third-order valence-corrected chi connectivity index (χ3v) is 4.58. The molecule has 1 fully saturated rings. The van der Waals surface area contributed by atoms with E-state index in [2.05, 4.69) is 39.8 Å². The highest BCUT2D eigenvalue weighted by atomic mass is 32.2. The predicted molar refractivity (Wildman–Crippen MR) is 80.4 cm³/mol. The molecule has 0 amide bonds. The van der Waals surface area contributed by atoms with Gasteiger partial charge in [0.25, 0.3) is 0 Å². The Morgan fingerprint density at radius 3 is 3.11 bits per heavy atom. The van der Waals surface area contributed by atoms with Gasteiger partial charge in [0, 0.05) is 30.1 Å². The number of benzene rings is 1. The van der Waals surface area contributed by atoms with Gasteiger partial charge in [-0.05, 0) is 30.7 Å². The van der Waals surface area contributed by atoms with Crippen molar-refractivity contribution in [3.63, 3.8) is 0 Å². The van der Waals surface area contributed by atoms with Gasteiger partial charge in [-0.1, -0.05) is 12.1 Å². The van der Waals surface area contributed by atoms with E-state index in [1.807, 2.05) is 23.4 Å². The highest BCUT2D eigenvalue weighted by molar-refractivity contribution is 7.99. The highest BCUT2D eigenvalue weighted by Crippen LogP contribution is 2.24. The van der Waals surface area contributed by atoms with Crippen LogP contribution in [0.2, 0.25) is 0 Å². The predicted octanol–water partition coefficient (Wildman–Crippen LogP) is 2.79. The van der Waals surface area contributed by atoms with Crippen LogP contribution >= 0.6 is 11.8 Å². The van der Waals surface area contributed by atoms with Gasteiger partial charge >= 0.3 is 0 Å². The molecule has 1 aromatic carbocycles. The Bertz CT molecular complexity index is 546. The summed E-state index contributed by atoms with van der Waals surface area (Å²) in [6, 6.07) is 9.02. The Morgan fingerprint density at radius 2 is 2.37 bits per heavy atom. The molecule has 4 nitrogen and oxygen atoms in total. The van der Waals surface area contributed by atoms with E-state index in [9.17, 15) is 0 Å². The first-order valence-electron chi connectivity index (χ1n) is 6.61. The minimum atomic E-state index is 0.591. The molecule has 1 aliphatic heterocycles. The monoisotopic (exact) mass is 274 g/mol. The molecule has 1 atom stereocenters. The van der Waals surface area contributed by atoms with Crippen molar-refractivity contribution in [1.82, 2.24) is 14.8 Å². The number of aryl methyl sites for hydroxylation is 1. The van der Waals surface area contributed by atoms with E-state index in [-0.39, 0.29) is 0 Å². The van der Waals surface area contributed by atoms with Crippen LogP contribution in [0, 0.1) is 0 Å². The van der Waals surface area contributed by atoms with Crippen LogP contribution in [0.1, 0.15) is 12.8 Å². The third kappa shape index (κ3) is 2.92. The number of nitrogens with zero attached hydrogens (tertiary/aromatic N) is 3. The molecular weight excluding hydrogens is 256 g/mol. The third-order valence-electron chi connectivity index (χ3n) is 3.36. The standard InChI is InChI=1S/C14H18N4S/c1-18-10-15-17-14(18)11-4-2-5-12(8-11)16-13-6-3-7-19-9-13/h2,4-5,8,10,13,16H,3,6-7,9H2,1H3. The molecule has 3 rings (SSSR count). The van der Waals surface area contributed by atoms with Crippen LogP contribution in [-0.4, -0.2) is 32.3 Å². The van der Waals surface area contributed by atoms with Crippen molar-refractivity contribution in [2.24, 2.45) is 7.05 Å². The molecular formula is C14H18N4S. The molecule has 1 N–H and O–H groups in total. The van der Waals surface area contributed by atoms with E-state index < -0.39 is 0 Å². The van der Waals surface area contributed by atoms with Crippen LogP contribution in [-0.2, 0) is 7.05 Å². The molecule has 5 heteroatoms. The second-order valence-electron chi connectivity index (χ2n) is 4.90. The van der Waals surface area contributed by atoms with Crippen molar-refractivity contribution in [3.8, 4) is 11.4 Å². The van der Waals surface area contributed by atoms with Gasteiger partial charge in [0.05, 0.1) is 0 Å². The summed E-state index contributed by atoms with van der Waals surface area (Å²) in [7, 11) is 1.97. The maximum absolute atomic E-state index is 4.16. The SMILES string of the molecule is Cn1cnnc1-c1cccc(NC2CCCSC2)c1. The summed E-state index contributed by atoms with van der Waals surface area (Å²) in [5.74, 6) is 3.41. The number of hydrogen-bond donors (Lipinski definition) is 1. The lowest BCUT2D eigenvalue weighted by Crippen LogP contribution is -2.25. The smallest absolute Gasteiger partial charge is 0.163 e. The van der Waals surface area contributed by atoms with E-state index in [1.165, 1.54) is 30.0 Å². The maximum Gasteiger partial charge on any atom is 0.163 e. The largest absolute Gasteiger partial charge is 0.381 e. The summed E-state index contributed by atoms with van der Waals surface area (Å²) >= 11 is 2.04. The minimum absolute atomic E-state index is 0.591. The molecule has 0 radical (unpaired) electrons. The molecule has 1 aromatic heterocycles. The summed E-state index contributed by atoms with van der Waals surface area (Å²) in [6.07, 6.45) is 4.31. The van der Waals surface area contributed by atoms with Crippen molar-refractivity contribution in [1.29, 1.82) is 0 Å². The zero-order chi connectivity index (χ0) is 13.1. The molecule has 0 aliphatic carbocycles. The van der Waals surface area contributed by atoms with Crippen molar-refractivity contribution < 1.29 is 0 Å². The van der Waals surface area contributed by atoms with Crippen molar-refractivity contribution in [3.05, 3.63) is 30.6 Å². The zero-order valence-electron chi connectivity index (χ0n) is 11.0. The van der Waals surface area contributed by atoms with Crippen LogP contribution in [0.15, 0.2) is 30.6 Å². The van der Waals surface area contributed by atoms with E-state index >= 15 is 0 Å². The normalized spacial score (nSPS) is 19.3. The van der Waals surface area contributed by atoms with Gasteiger partial charge in [0.1, 0.15) is 6.33 Å². The Labute approximate surface area is 117 Å². The van der Waals surface area contributed by atoms with E-state index in [4.69, 9.17) is 0 Å². The lowest BCUT2D eigenvalue weighted by molar-refractivity contribution is 0.685. The van der Waals surface area contributed by atoms with Crippen LogP contribution in [0.25, 0.3) is 11.4 Å². The van der Waals surface area contributed by atoms with Crippen molar-refractivity contribution in [2.45, 2.75) is 18.9 Å². The average molecular weight is 274 g/mol. The van der Waals surface area contributed by atoms with Crippen molar-refractivity contribution in [2.75, 3.05) is 16.8 Å². The first-order valence-corrected chi connectivity index (χ1v) is 7.77. The molecule has 2 aromatic rings. The van der Waals surface area contributed by atoms with Crippen LogP contribution in [0.4, 0.5) is 5.69 Å². The fraction of sp³-hybridized carbons (Fsp3) is 0.429. The van der Waals surface area contributed by atoms with Gasteiger partial charge < -0.3 is 9.88 Å². The van der Waals surface area contributed by atoms with Gasteiger partial charge in [-0.3, -0.25) is 0 Å². The average Bonchev–Trinajstić information content (AvgIpc) is 2.86. The van der Waals surface area contributed by atoms with Gasteiger partial charge in [-0.25, -0.2) is 0 Å². The van der Waals surface area contributed by atoms with Crippen LogP contribution in [0.3, 0.4) is 0 Å². The molecule has 100 valence electrons. The highest BCUT2D eigenvalue weighted by Gasteiger charge is 2.13. The number of thioether (sulfide) groups is 1. The second-order valence-corrected chi connectivity index (χ2v) is 6.05. The van der Waals surface area contributed by atoms with Gasteiger partial charge in [0.2, 0.25) is 0 Å². The molecule has 1 aliphatic rings. The van der Waals surface area contributed by atoms with Crippen LogP contribution in [0.5, 0.6) is 0 Å². The fourth-order valence-electron chi connectivity index (χ4n) is 2.38. The molecule has 0 saturated carbocycles. The Balaban J connectivity index is 1.78. The number of hydrogen-bond acceptors (Lipinski definition) is 4. The summed E-state index contributed by atoms with van der Waals surface area (Å²) in [5.41, 5.74) is 2.28. The summed E-state index contributed by atoms with van der Waals surface area (Å²) in [5, 5.41) is 11.7. The molecule has 2 heterocycles. The summed E-state index contributed by atoms with van der Waals surface area (Å²) in [4.78, 5) is 0. The summed E-state index contributed by atoms with van der Waals surface area (Å²) < 4.78 is 1.94. The molecule has 0 bridgehead atoms. The Morgan fingerprint density at radius 1 is 1.42 bits per heavy atom. The van der Waals surface area contributed by atoms with E-state index in [1.54, 1.807) is 6.33 Å². The number of aromatic nitrogens is 3. The lowest BCUT2D eigenvalue weighted by Gasteiger charge is -2.23. The molecule has 1 saturated heterocycles. The van der Waals surface area contributed by atoms with E-state index in [0.717, 1.165) is 11.4 Å². The topological polar surface area (TPSA) is 42.7 Å². The first kappa shape index (κ1) is 12.5. The zero-order valence-corrected chi connectivity index (χ0v) is 11.9. The fourth-order valence-corrected chi connectivity index (χ4v) is 3.45.